The standard InChI is InChI=1S/C26H31F3N4O4S/c27-26(28,29)37-21-5-7-22(8-6-21)38(35,36)32-17-10-19(11-18-32)9-14-31-15-12-20(13-16-31)33-24-4-2-1-3-23(24)30-25(33)34/h1-8,19-20H,9-18H2,(H,30,34). The zero-order valence-electron chi connectivity index (χ0n) is 20.9. The third kappa shape index (κ3) is 5.92. The largest absolute Gasteiger partial charge is 0.573 e. The second kappa shape index (κ2) is 10.7. The Bertz CT molecular complexity index is 1400. The van der Waals surface area contributed by atoms with E-state index in [0.29, 0.717) is 19.0 Å². The third-order valence-electron chi connectivity index (χ3n) is 7.67. The maximum Gasteiger partial charge on any atom is 0.573 e. The summed E-state index contributed by atoms with van der Waals surface area (Å²) in [5.41, 5.74) is 1.75. The Balaban J connectivity index is 1.08. The average Bonchev–Trinajstić information content (AvgIpc) is 3.23. The summed E-state index contributed by atoms with van der Waals surface area (Å²) in [7, 11) is -3.77. The van der Waals surface area contributed by atoms with Gasteiger partial charge < -0.3 is 14.6 Å². The highest BCUT2D eigenvalue weighted by Gasteiger charge is 2.33. The van der Waals surface area contributed by atoms with Gasteiger partial charge in [0.25, 0.3) is 0 Å². The number of ether oxygens (including phenoxy) is 1. The lowest BCUT2D eigenvalue weighted by molar-refractivity contribution is -0.274. The third-order valence-corrected chi connectivity index (χ3v) is 9.58. The Morgan fingerprint density at radius 3 is 2.24 bits per heavy atom. The number of fused-ring (bicyclic) bond motifs is 1. The molecule has 2 aliphatic heterocycles. The quantitative estimate of drug-likeness (QED) is 0.471. The highest BCUT2D eigenvalue weighted by molar-refractivity contribution is 7.89. The number of hydrogen-bond donors (Lipinski definition) is 1. The zero-order valence-corrected chi connectivity index (χ0v) is 21.7. The molecule has 2 saturated heterocycles. The van der Waals surface area contributed by atoms with Gasteiger partial charge in [0.1, 0.15) is 5.75 Å². The van der Waals surface area contributed by atoms with Crippen molar-refractivity contribution in [3.05, 3.63) is 59.0 Å². The second-order valence-electron chi connectivity index (χ2n) is 10.0. The number of hydrogen-bond acceptors (Lipinski definition) is 5. The number of likely N-dealkylation sites (tertiary alicyclic amines) is 1. The van der Waals surface area contributed by atoms with Crippen LogP contribution in [0.3, 0.4) is 0 Å². The summed E-state index contributed by atoms with van der Waals surface area (Å²) in [6.07, 6.45) is -0.536. The van der Waals surface area contributed by atoms with Crippen LogP contribution in [-0.2, 0) is 10.0 Å². The number of imidazole rings is 1. The molecular formula is C26H31F3N4O4S. The summed E-state index contributed by atoms with van der Waals surface area (Å²) in [5.74, 6) is -0.0364. The number of para-hydroxylation sites is 2. The summed E-state index contributed by atoms with van der Waals surface area (Å²) >= 11 is 0. The fourth-order valence-corrected chi connectivity index (χ4v) is 7.07. The van der Waals surface area contributed by atoms with E-state index in [-0.39, 0.29) is 16.6 Å². The first-order chi connectivity index (χ1) is 18.1. The molecule has 0 unspecified atom stereocenters. The minimum Gasteiger partial charge on any atom is -0.406 e. The van der Waals surface area contributed by atoms with E-state index < -0.39 is 22.1 Å². The van der Waals surface area contributed by atoms with Crippen molar-refractivity contribution in [3.63, 3.8) is 0 Å². The number of aromatic amines is 1. The predicted molar refractivity (Wildman–Crippen MR) is 136 cm³/mol. The Morgan fingerprint density at radius 2 is 1.58 bits per heavy atom. The van der Waals surface area contributed by atoms with Crippen LogP contribution >= 0.6 is 0 Å². The first-order valence-electron chi connectivity index (χ1n) is 12.9. The number of piperidine rings is 2. The second-order valence-corrected chi connectivity index (χ2v) is 12.0. The number of aromatic nitrogens is 2. The fourth-order valence-electron chi connectivity index (χ4n) is 5.60. The minimum absolute atomic E-state index is 0.0392. The van der Waals surface area contributed by atoms with Gasteiger partial charge >= 0.3 is 12.1 Å². The van der Waals surface area contributed by atoms with E-state index in [0.717, 1.165) is 87.0 Å². The highest BCUT2D eigenvalue weighted by atomic mass is 32.2. The zero-order chi connectivity index (χ0) is 26.9. The monoisotopic (exact) mass is 552 g/mol. The Morgan fingerprint density at radius 1 is 0.921 bits per heavy atom. The topological polar surface area (TPSA) is 87.6 Å². The number of nitrogens with zero attached hydrogens (tertiary/aromatic N) is 3. The molecule has 1 N–H and O–H groups in total. The molecule has 0 atom stereocenters. The van der Waals surface area contributed by atoms with E-state index in [4.69, 9.17) is 0 Å². The van der Waals surface area contributed by atoms with Crippen LogP contribution in [0.25, 0.3) is 11.0 Å². The van der Waals surface area contributed by atoms with Gasteiger partial charge in [-0.2, -0.15) is 4.31 Å². The van der Waals surface area contributed by atoms with Gasteiger partial charge in [-0.1, -0.05) is 12.1 Å². The molecular weight excluding hydrogens is 521 g/mol. The van der Waals surface area contributed by atoms with Crippen molar-refractivity contribution in [2.45, 2.75) is 49.4 Å². The molecule has 0 radical (unpaired) electrons. The summed E-state index contributed by atoms with van der Waals surface area (Å²) in [6, 6.07) is 12.3. The lowest BCUT2D eigenvalue weighted by Gasteiger charge is -2.35. The van der Waals surface area contributed by atoms with Gasteiger partial charge in [0.15, 0.2) is 0 Å². The minimum atomic E-state index is -4.82. The number of alkyl halides is 3. The van der Waals surface area contributed by atoms with E-state index in [1.807, 2.05) is 28.8 Å². The molecule has 1 aromatic heterocycles. The molecule has 8 nitrogen and oxygen atoms in total. The number of nitrogens with one attached hydrogen (secondary N) is 1. The van der Waals surface area contributed by atoms with Gasteiger partial charge in [-0.3, -0.25) is 4.57 Å². The first-order valence-corrected chi connectivity index (χ1v) is 14.3. The molecule has 3 aromatic rings. The van der Waals surface area contributed by atoms with Crippen molar-refractivity contribution in [3.8, 4) is 5.75 Å². The van der Waals surface area contributed by atoms with Crippen LogP contribution in [0.1, 0.15) is 38.1 Å². The van der Waals surface area contributed by atoms with Crippen LogP contribution in [-0.4, -0.2) is 66.3 Å². The van der Waals surface area contributed by atoms with Crippen molar-refractivity contribution in [1.82, 2.24) is 18.8 Å². The average molecular weight is 553 g/mol. The van der Waals surface area contributed by atoms with Crippen LogP contribution < -0.4 is 10.4 Å². The number of halogens is 3. The van der Waals surface area contributed by atoms with Crippen LogP contribution in [0.2, 0.25) is 0 Å². The van der Waals surface area contributed by atoms with Crippen LogP contribution in [0.15, 0.2) is 58.2 Å². The van der Waals surface area contributed by atoms with Gasteiger partial charge in [0, 0.05) is 32.2 Å². The molecule has 5 rings (SSSR count). The molecule has 206 valence electrons. The number of rotatable bonds is 7. The lowest BCUT2D eigenvalue weighted by atomic mass is 9.94. The Kier molecular flexibility index (Phi) is 7.56. The number of benzene rings is 2. The smallest absolute Gasteiger partial charge is 0.406 e. The number of H-pyrrole nitrogens is 1. The molecule has 0 amide bonds. The molecule has 2 aliphatic rings. The van der Waals surface area contributed by atoms with Gasteiger partial charge in [-0.25, -0.2) is 13.2 Å². The SMILES string of the molecule is O=c1[nH]c2ccccc2n1C1CCN(CCC2CCN(S(=O)(=O)c3ccc(OC(F)(F)F)cc3)CC2)CC1. The fraction of sp³-hybridized carbons (Fsp3) is 0.500. The van der Waals surface area contributed by atoms with Crippen molar-refractivity contribution < 1.29 is 26.3 Å². The molecule has 3 heterocycles. The van der Waals surface area contributed by atoms with Gasteiger partial charge in [0.2, 0.25) is 10.0 Å². The summed E-state index contributed by atoms with van der Waals surface area (Å²) in [5, 5.41) is 0. The number of sulfonamides is 1. The van der Waals surface area contributed by atoms with Crippen molar-refractivity contribution in [2.75, 3.05) is 32.7 Å². The molecule has 0 aliphatic carbocycles. The van der Waals surface area contributed by atoms with E-state index in [2.05, 4.69) is 14.6 Å². The molecule has 12 heteroatoms. The van der Waals surface area contributed by atoms with Gasteiger partial charge in [-0.15, -0.1) is 13.2 Å². The van der Waals surface area contributed by atoms with E-state index in [1.54, 1.807) is 0 Å². The normalized spacial score (nSPS) is 19.2. The lowest BCUT2D eigenvalue weighted by Crippen LogP contribution is -2.40. The predicted octanol–water partition coefficient (Wildman–Crippen LogP) is 4.36. The summed E-state index contributed by atoms with van der Waals surface area (Å²) in [6.45, 7) is 3.54. The van der Waals surface area contributed by atoms with Gasteiger partial charge in [0.05, 0.1) is 15.9 Å². The molecule has 2 aromatic carbocycles. The van der Waals surface area contributed by atoms with E-state index in [1.165, 1.54) is 4.31 Å². The van der Waals surface area contributed by atoms with Crippen molar-refractivity contribution in [2.24, 2.45) is 5.92 Å². The van der Waals surface area contributed by atoms with Crippen LogP contribution in [0.5, 0.6) is 5.75 Å². The van der Waals surface area contributed by atoms with Crippen LogP contribution in [0.4, 0.5) is 13.2 Å². The van der Waals surface area contributed by atoms with E-state index in [9.17, 15) is 26.4 Å². The summed E-state index contributed by atoms with van der Waals surface area (Å²) < 4.78 is 70.1. The molecule has 2 fully saturated rings. The van der Waals surface area contributed by atoms with Crippen molar-refractivity contribution in [1.29, 1.82) is 0 Å². The first kappa shape index (κ1) is 26.8. The molecule has 0 spiro atoms. The molecule has 0 saturated carbocycles. The Labute approximate surface area is 219 Å². The molecule has 38 heavy (non-hydrogen) atoms. The maximum absolute atomic E-state index is 13.0. The highest BCUT2D eigenvalue weighted by Crippen LogP contribution is 2.30. The molecule has 0 bridgehead atoms. The van der Waals surface area contributed by atoms with Gasteiger partial charge in [-0.05, 0) is 81.0 Å². The Hall–Kier alpha value is -2.83. The van der Waals surface area contributed by atoms with E-state index >= 15 is 0 Å². The van der Waals surface area contributed by atoms with Crippen LogP contribution in [0, 0.1) is 5.92 Å². The maximum atomic E-state index is 13.0. The van der Waals surface area contributed by atoms with Crippen molar-refractivity contribution >= 4 is 21.1 Å². The summed E-state index contributed by atoms with van der Waals surface area (Å²) in [4.78, 5) is 17.8.